The highest BCUT2D eigenvalue weighted by atomic mass is 16.5. The molecule has 2 aromatic rings. The molecule has 0 radical (unpaired) electrons. The highest BCUT2D eigenvalue weighted by Gasteiger charge is 2.29. The van der Waals surface area contributed by atoms with E-state index in [1.165, 1.54) is 13.3 Å². The molecule has 128 valence electrons. The molecule has 1 aliphatic heterocycles. The fraction of sp³-hybridized carbons (Fsp3) is 0.176. The molecule has 0 saturated carbocycles. The maximum atomic E-state index is 12.3. The lowest BCUT2D eigenvalue weighted by atomic mass is 10.1. The second-order valence-corrected chi connectivity index (χ2v) is 5.37. The van der Waals surface area contributed by atoms with E-state index in [-0.39, 0.29) is 12.3 Å². The van der Waals surface area contributed by atoms with Gasteiger partial charge in [-0.15, -0.1) is 0 Å². The van der Waals surface area contributed by atoms with Gasteiger partial charge < -0.3 is 20.7 Å². The number of carbonyl (C=O) groups excluding carboxylic acids is 3. The summed E-state index contributed by atoms with van der Waals surface area (Å²) in [5.74, 6) is -1.05. The Morgan fingerprint density at radius 3 is 2.84 bits per heavy atom. The van der Waals surface area contributed by atoms with Crippen molar-refractivity contribution >= 4 is 29.1 Å². The molecule has 2 heterocycles. The lowest BCUT2D eigenvalue weighted by Gasteiger charge is -2.15. The van der Waals surface area contributed by atoms with E-state index in [1.54, 1.807) is 36.4 Å². The molecule has 8 nitrogen and oxygen atoms in total. The number of benzene rings is 1. The Balaban J connectivity index is 1.71. The smallest absolute Gasteiger partial charge is 0.254 e. The van der Waals surface area contributed by atoms with Crippen LogP contribution in [0.3, 0.4) is 0 Å². The Labute approximate surface area is 143 Å². The van der Waals surface area contributed by atoms with E-state index >= 15 is 0 Å². The predicted molar refractivity (Wildman–Crippen MR) is 90.4 cm³/mol. The molecule has 0 aliphatic carbocycles. The zero-order valence-corrected chi connectivity index (χ0v) is 13.4. The number of hydrogen-bond acceptors (Lipinski definition) is 5. The van der Waals surface area contributed by atoms with Gasteiger partial charge in [0.2, 0.25) is 17.7 Å². The minimum absolute atomic E-state index is 0.219. The molecule has 1 atom stereocenters. The molecule has 25 heavy (non-hydrogen) atoms. The lowest BCUT2D eigenvalue weighted by molar-refractivity contribution is -0.122. The first-order chi connectivity index (χ1) is 12.1. The van der Waals surface area contributed by atoms with Gasteiger partial charge in [-0.2, -0.15) is 0 Å². The zero-order chi connectivity index (χ0) is 17.8. The fourth-order valence-corrected chi connectivity index (χ4v) is 2.49. The van der Waals surface area contributed by atoms with Gasteiger partial charge in [-0.1, -0.05) is 12.1 Å². The fourth-order valence-electron chi connectivity index (χ4n) is 2.49. The lowest BCUT2D eigenvalue weighted by Crippen LogP contribution is -2.43. The summed E-state index contributed by atoms with van der Waals surface area (Å²) in [4.78, 5) is 40.8. The number of nitrogens with one attached hydrogen (secondary N) is 3. The van der Waals surface area contributed by atoms with Crippen LogP contribution in [0.5, 0.6) is 5.88 Å². The highest BCUT2D eigenvalue weighted by Crippen LogP contribution is 2.21. The molecular weight excluding hydrogens is 324 g/mol. The van der Waals surface area contributed by atoms with Crippen LogP contribution in [0.25, 0.3) is 0 Å². The third-order valence-corrected chi connectivity index (χ3v) is 3.68. The van der Waals surface area contributed by atoms with Gasteiger partial charge in [0.15, 0.2) is 0 Å². The largest absolute Gasteiger partial charge is 0.480 e. The molecule has 3 N–H and O–H groups in total. The average molecular weight is 340 g/mol. The first kappa shape index (κ1) is 16.4. The topological polar surface area (TPSA) is 109 Å². The molecule has 0 bridgehead atoms. The Hall–Kier alpha value is -3.42. The summed E-state index contributed by atoms with van der Waals surface area (Å²) in [5.41, 5.74) is 1.16. The molecular formula is C17H16N4O4. The van der Waals surface area contributed by atoms with Gasteiger partial charge in [0.05, 0.1) is 24.8 Å². The number of nitrogens with zero attached hydrogens (tertiary/aromatic N) is 1. The number of pyridine rings is 1. The summed E-state index contributed by atoms with van der Waals surface area (Å²) in [6.07, 6.45) is 1.31. The van der Waals surface area contributed by atoms with E-state index in [9.17, 15) is 14.4 Å². The number of para-hydroxylation sites is 1. The van der Waals surface area contributed by atoms with Crippen LogP contribution < -0.4 is 20.7 Å². The Bertz CT molecular complexity index is 837. The average Bonchev–Trinajstić information content (AvgIpc) is 2.72. The van der Waals surface area contributed by atoms with Gasteiger partial charge in [0.25, 0.3) is 5.91 Å². The highest BCUT2D eigenvalue weighted by molar-refractivity contribution is 6.11. The second-order valence-electron chi connectivity index (χ2n) is 5.37. The minimum Gasteiger partial charge on any atom is -0.480 e. The van der Waals surface area contributed by atoms with Crippen LogP contribution in [0, 0.1) is 0 Å². The van der Waals surface area contributed by atoms with Gasteiger partial charge in [-0.05, 0) is 24.3 Å². The maximum absolute atomic E-state index is 12.3. The molecule has 0 spiro atoms. The number of carbonyl (C=O) groups is 3. The van der Waals surface area contributed by atoms with Crippen molar-refractivity contribution in [2.75, 3.05) is 17.7 Å². The maximum Gasteiger partial charge on any atom is 0.254 e. The first-order valence-corrected chi connectivity index (χ1v) is 7.58. The van der Waals surface area contributed by atoms with Crippen LogP contribution in [-0.2, 0) is 9.59 Å². The molecule has 1 aromatic carbocycles. The van der Waals surface area contributed by atoms with Crippen LogP contribution in [0.1, 0.15) is 16.8 Å². The number of hydrogen-bond donors (Lipinski definition) is 3. The first-order valence-electron chi connectivity index (χ1n) is 7.58. The SMILES string of the molecule is COc1ncccc1NC(=O)C[C@H]1NC(=O)c2ccccc2NC1=O. The Morgan fingerprint density at radius 1 is 1.24 bits per heavy atom. The number of rotatable bonds is 4. The molecule has 1 aliphatic rings. The number of fused-ring (bicyclic) bond motifs is 1. The van der Waals surface area contributed by atoms with Crippen LogP contribution in [-0.4, -0.2) is 35.9 Å². The van der Waals surface area contributed by atoms with E-state index in [1.807, 2.05) is 0 Å². The standard InChI is InChI=1S/C17H16N4O4/c1-25-17-12(7-4-8-18-17)19-14(22)9-13-16(24)20-11-6-3-2-5-10(11)15(23)21-13/h2-8,13H,9H2,1H3,(H,19,22)(H,20,24)(H,21,23)/t13-/m1/s1. The summed E-state index contributed by atoms with van der Waals surface area (Å²) in [6, 6.07) is 8.95. The third-order valence-electron chi connectivity index (χ3n) is 3.68. The number of anilines is 2. The zero-order valence-electron chi connectivity index (χ0n) is 13.4. The van der Waals surface area contributed by atoms with Gasteiger partial charge in [0, 0.05) is 6.20 Å². The van der Waals surface area contributed by atoms with Crippen molar-refractivity contribution in [1.82, 2.24) is 10.3 Å². The monoisotopic (exact) mass is 340 g/mol. The minimum atomic E-state index is -0.984. The molecule has 1 aromatic heterocycles. The van der Waals surface area contributed by atoms with E-state index in [2.05, 4.69) is 20.9 Å². The third kappa shape index (κ3) is 3.57. The number of ether oxygens (including phenoxy) is 1. The van der Waals surface area contributed by atoms with E-state index in [4.69, 9.17) is 4.74 Å². The van der Waals surface area contributed by atoms with Crippen molar-refractivity contribution in [3.8, 4) is 5.88 Å². The van der Waals surface area contributed by atoms with E-state index < -0.39 is 23.8 Å². The van der Waals surface area contributed by atoms with Gasteiger partial charge in [-0.25, -0.2) is 4.98 Å². The number of amides is 3. The van der Waals surface area contributed by atoms with E-state index in [0.717, 1.165) is 0 Å². The number of methoxy groups -OCH3 is 1. The normalized spacial score (nSPS) is 16.1. The molecule has 3 amide bonds. The predicted octanol–water partition coefficient (Wildman–Crippen LogP) is 1.17. The van der Waals surface area contributed by atoms with Crippen LogP contribution in [0.2, 0.25) is 0 Å². The van der Waals surface area contributed by atoms with E-state index in [0.29, 0.717) is 16.9 Å². The summed E-state index contributed by atoms with van der Waals surface area (Å²) in [5, 5.41) is 7.85. The molecule has 3 rings (SSSR count). The van der Waals surface area contributed by atoms with Crippen molar-refractivity contribution in [2.24, 2.45) is 0 Å². The summed E-state index contributed by atoms with van der Waals surface area (Å²) in [7, 11) is 1.44. The Kier molecular flexibility index (Phi) is 4.60. The Morgan fingerprint density at radius 2 is 2.04 bits per heavy atom. The van der Waals surface area contributed by atoms with Crippen molar-refractivity contribution in [1.29, 1.82) is 0 Å². The van der Waals surface area contributed by atoms with Crippen LogP contribution >= 0.6 is 0 Å². The van der Waals surface area contributed by atoms with Crippen LogP contribution in [0.4, 0.5) is 11.4 Å². The molecule has 8 heteroatoms. The van der Waals surface area contributed by atoms with Crippen molar-refractivity contribution in [3.63, 3.8) is 0 Å². The quantitative estimate of drug-likeness (QED) is 0.774. The molecule has 0 unspecified atom stereocenters. The summed E-state index contributed by atoms with van der Waals surface area (Å²) >= 11 is 0. The van der Waals surface area contributed by atoms with Gasteiger partial charge in [0.1, 0.15) is 11.7 Å². The summed E-state index contributed by atoms with van der Waals surface area (Å²) in [6.45, 7) is 0. The van der Waals surface area contributed by atoms with Crippen molar-refractivity contribution < 1.29 is 19.1 Å². The number of aromatic nitrogens is 1. The van der Waals surface area contributed by atoms with Crippen molar-refractivity contribution in [2.45, 2.75) is 12.5 Å². The second kappa shape index (κ2) is 7.00. The van der Waals surface area contributed by atoms with Gasteiger partial charge in [-0.3, -0.25) is 14.4 Å². The van der Waals surface area contributed by atoms with Crippen LogP contribution in [0.15, 0.2) is 42.6 Å². The molecule has 0 saturated heterocycles. The summed E-state index contributed by atoms with van der Waals surface area (Å²) < 4.78 is 5.06. The van der Waals surface area contributed by atoms with Crippen molar-refractivity contribution in [3.05, 3.63) is 48.2 Å². The molecule has 0 fully saturated rings. The van der Waals surface area contributed by atoms with Gasteiger partial charge >= 0.3 is 0 Å².